The summed E-state index contributed by atoms with van der Waals surface area (Å²) in [7, 11) is 1.75. The molecule has 1 aliphatic carbocycles. The van der Waals surface area contributed by atoms with Gasteiger partial charge in [-0.15, -0.1) is 11.3 Å². The maximum atomic E-state index is 5.02. The van der Waals surface area contributed by atoms with E-state index in [0.717, 1.165) is 32.3 Å². The van der Waals surface area contributed by atoms with Crippen LogP contribution in [0.25, 0.3) is 0 Å². The molecule has 0 bridgehead atoms. The van der Waals surface area contributed by atoms with Gasteiger partial charge < -0.3 is 10.1 Å². The number of methoxy groups -OCH3 is 1. The second-order valence-corrected chi connectivity index (χ2v) is 5.91. The summed E-state index contributed by atoms with van der Waals surface area (Å²) < 4.78 is 5.02. The number of nitrogens with zero attached hydrogens (tertiary/aromatic N) is 1. The molecule has 0 amide bonds. The summed E-state index contributed by atoms with van der Waals surface area (Å²) in [6.45, 7) is 5.21. The molecule has 102 valence electrons. The Morgan fingerprint density at radius 3 is 3.00 bits per heavy atom. The van der Waals surface area contributed by atoms with Gasteiger partial charge in [0.1, 0.15) is 0 Å². The highest BCUT2D eigenvalue weighted by molar-refractivity contribution is 7.09. The van der Waals surface area contributed by atoms with Gasteiger partial charge in [-0.05, 0) is 37.3 Å². The molecule has 2 rings (SSSR count). The van der Waals surface area contributed by atoms with Gasteiger partial charge in [-0.25, -0.2) is 0 Å². The van der Waals surface area contributed by atoms with Gasteiger partial charge in [0.25, 0.3) is 0 Å². The first-order chi connectivity index (χ1) is 8.90. The van der Waals surface area contributed by atoms with E-state index in [2.05, 4.69) is 27.7 Å². The first-order valence-electron chi connectivity index (χ1n) is 6.86. The Morgan fingerprint density at radius 2 is 2.33 bits per heavy atom. The molecule has 1 N–H and O–H groups in total. The van der Waals surface area contributed by atoms with E-state index in [1.165, 1.54) is 30.7 Å². The molecule has 0 saturated heterocycles. The highest BCUT2D eigenvalue weighted by atomic mass is 32.1. The van der Waals surface area contributed by atoms with Crippen molar-refractivity contribution in [3.05, 3.63) is 22.4 Å². The van der Waals surface area contributed by atoms with Crippen molar-refractivity contribution in [3.63, 3.8) is 0 Å². The molecule has 0 aliphatic heterocycles. The quantitative estimate of drug-likeness (QED) is 0.659. The number of thiophene rings is 1. The lowest BCUT2D eigenvalue weighted by molar-refractivity contribution is 0.198. The molecule has 0 spiro atoms. The summed E-state index contributed by atoms with van der Waals surface area (Å²) in [5, 5.41) is 5.58. The molecule has 0 aromatic carbocycles. The molecule has 1 aliphatic rings. The molecule has 0 atom stereocenters. The molecule has 18 heavy (non-hydrogen) atoms. The third-order valence-electron chi connectivity index (χ3n) is 3.28. The highest BCUT2D eigenvalue weighted by Gasteiger charge is 2.28. The highest BCUT2D eigenvalue weighted by Crippen LogP contribution is 2.29. The average molecular weight is 268 g/mol. The maximum absolute atomic E-state index is 5.02. The van der Waals surface area contributed by atoms with Crippen molar-refractivity contribution in [2.45, 2.75) is 31.8 Å². The van der Waals surface area contributed by atoms with Gasteiger partial charge in [0, 0.05) is 37.7 Å². The van der Waals surface area contributed by atoms with E-state index in [1.54, 1.807) is 7.11 Å². The largest absolute Gasteiger partial charge is 0.383 e. The van der Waals surface area contributed by atoms with Crippen molar-refractivity contribution in [1.29, 1.82) is 0 Å². The first-order valence-corrected chi connectivity index (χ1v) is 7.74. The van der Waals surface area contributed by atoms with Crippen LogP contribution in [0.1, 0.15) is 24.1 Å². The summed E-state index contributed by atoms with van der Waals surface area (Å²) >= 11 is 1.87. The second kappa shape index (κ2) is 7.89. The van der Waals surface area contributed by atoms with Crippen LogP contribution in [0.3, 0.4) is 0 Å². The van der Waals surface area contributed by atoms with Crippen LogP contribution < -0.4 is 5.32 Å². The van der Waals surface area contributed by atoms with Crippen molar-refractivity contribution in [2.24, 2.45) is 0 Å². The van der Waals surface area contributed by atoms with Crippen LogP contribution in [-0.4, -0.2) is 44.3 Å². The number of rotatable bonds is 10. The Hall–Kier alpha value is -0.420. The molecule has 1 aromatic rings. The lowest BCUT2D eigenvalue weighted by Gasteiger charge is -2.21. The van der Waals surface area contributed by atoms with Crippen LogP contribution in [-0.2, 0) is 11.3 Å². The first kappa shape index (κ1) is 14.0. The molecular formula is C14H24N2OS. The monoisotopic (exact) mass is 268 g/mol. The molecule has 4 heteroatoms. The van der Waals surface area contributed by atoms with Gasteiger partial charge in [-0.2, -0.15) is 0 Å². The third-order valence-corrected chi connectivity index (χ3v) is 4.15. The van der Waals surface area contributed by atoms with E-state index in [0.29, 0.717) is 0 Å². The zero-order chi connectivity index (χ0) is 12.6. The second-order valence-electron chi connectivity index (χ2n) is 4.88. The predicted molar refractivity (Wildman–Crippen MR) is 77.1 cm³/mol. The number of ether oxygens (including phenoxy) is 1. The van der Waals surface area contributed by atoms with Gasteiger partial charge in [-0.1, -0.05) is 6.07 Å². The van der Waals surface area contributed by atoms with E-state index in [1.807, 2.05) is 11.3 Å². The van der Waals surface area contributed by atoms with Gasteiger partial charge in [0.05, 0.1) is 6.61 Å². The molecule has 1 aromatic heterocycles. The third kappa shape index (κ3) is 5.06. The van der Waals surface area contributed by atoms with Crippen LogP contribution in [0.4, 0.5) is 0 Å². The molecule has 1 heterocycles. The summed E-state index contributed by atoms with van der Waals surface area (Å²) in [4.78, 5) is 4.14. The van der Waals surface area contributed by atoms with E-state index in [-0.39, 0.29) is 0 Å². The van der Waals surface area contributed by atoms with Crippen molar-refractivity contribution in [2.75, 3.05) is 33.4 Å². The maximum Gasteiger partial charge on any atom is 0.0587 e. The predicted octanol–water partition coefficient (Wildman–Crippen LogP) is 2.34. The topological polar surface area (TPSA) is 24.5 Å². The summed E-state index contributed by atoms with van der Waals surface area (Å²) in [6.07, 6.45) is 4.01. The number of hydrogen-bond donors (Lipinski definition) is 1. The number of hydrogen-bond acceptors (Lipinski definition) is 4. The Kier molecular flexibility index (Phi) is 6.14. The van der Waals surface area contributed by atoms with Crippen molar-refractivity contribution in [1.82, 2.24) is 10.2 Å². The summed E-state index contributed by atoms with van der Waals surface area (Å²) in [5.41, 5.74) is 0. The van der Waals surface area contributed by atoms with Crippen LogP contribution >= 0.6 is 11.3 Å². The van der Waals surface area contributed by atoms with E-state index in [9.17, 15) is 0 Å². The minimum Gasteiger partial charge on any atom is -0.383 e. The van der Waals surface area contributed by atoms with Gasteiger partial charge in [0.15, 0.2) is 0 Å². The van der Waals surface area contributed by atoms with Crippen LogP contribution in [0, 0.1) is 0 Å². The van der Waals surface area contributed by atoms with Gasteiger partial charge in [-0.3, -0.25) is 4.90 Å². The van der Waals surface area contributed by atoms with E-state index < -0.39 is 0 Å². The van der Waals surface area contributed by atoms with Crippen LogP contribution in [0.15, 0.2) is 17.5 Å². The van der Waals surface area contributed by atoms with Crippen LogP contribution in [0.5, 0.6) is 0 Å². The minimum atomic E-state index is 0.807. The Labute approximate surface area is 114 Å². The number of nitrogens with one attached hydrogen (secondary N) is 1. The Bertz CT molecular complexity index is 312. The smallest absolute Gasteiger partial charge is 0.0587 e. The SMILES string of the molecule is COCCNCCCN(Cc1cccs1)C1CC1. The molecular weight excluding hydrogens is 244 g/mol. The summed E-state index contributed by atoms with van der Waals surface area (Å²) in [6, 6.07) is 5.25. The Morgan fingerprint density at radius 1 is 1.44 bits per heavy atom. The fourth-order valence-electron chi connectivity index (χ4n) is 2.14. The molecule has 1 fully saturated rings. The van der Waals surface area contributed by atoms with Gasteiger partial charge >= 0.3 is 0 Å². The molecule has 0 radical (unpaired) electrons. The Balaban J connectivity index is 1.61. The minimum absolute atomic E-state index is 0.807. The van der Waals surface area contributed by atoms with Crippen molar-refractivity contribution >= 4 is 11.3 Å². The van der Waals surface area contributed by atoms with Crippen LogP contribution in [0.2, 0.25) is 0 Å². The average Bonchev–Trinajstić information content (AvgIpc) is 3.10. The van der Waals surface area contributed by atoms with E-state index in [4.69, 9.17) is 4.74 Å². The van der Waals surface area contributed by atoms with E-state index >= 15 is 0 Å². The van der Waals surface area contributed by atoms with Crippen molar-refractivity contribution < 1.29 is 4.74 Å². The fraction of sp³-hybridized carbons (Fsp3) is 0.714. The van der Waals surface area contributed by atoms with Gasteiger partial charge in [0.2, 0.25) is 0 Å². The standard InChI is InChI=1S/C14H24N2OS/c1-17-10-8-15-7-3-9-16(13-5-6-13)12-14-4-2-11-18-14/h2,4,11,13,15H,3,5-10,12H2,1H3. The lowest BCUT2D eigenvalue weighted by Crippen LogP contribution is -2.29. The molecule has 3 nitrogen and oxygen atoms in total. The zero-order valence-electron chi connectivity index (χ0n) is 11.2. The fourth-order valence-corrected chi connectivity index (χ4v) is 2.87. The normalized spacial score (nSPS) is 15.4. The lowest BCUT2D eigenvalue weighted by atomic mass is 10.3. The van der Waals surface area contributed by atoms with Crippen molar-refractivity contribution in [3.8, 4) is 0 Å². The zero-order valence-corrected chi connectivity index (χ0v) is 12.0. The molecule has 1 saturated carbocycles. The molecule has 0 unspecified atom stereocenters. The summed E-state index contributed by atoms with van der Waals surface area (Å²) in [5.74, 6) is 0.